The highest BCUT2D eigenvalue weighted by Crippen LogP contribution is 2.35. The van der Waals surface area contributed by atoms with Crippen molar-refractivity contribution in [1.82, 2.24) is 9.97 Å². The monoisotopic (exact) mass is 460 g/mol. The highest BCUT2D eigenvalue weighted by Gasteiger charge is 2.20. The summed E-state index contributed by atoms with van der Waals surface area (Å²) in [5.74, 6) is 0.532. The van der Waals surface area contributed by atoms with E-state index in [1.807, 2.05) is 64.1 Å². The Balaban J connectivity index is 0.000000210. The average Bonchev–Trinajstić information content (AvgIpc) is 3.39. The molecule has 0 bridgehead atoms. The van der Waals surface area contributed by atoms with Crippen LogP contribution in [0.4, 0.5) is 0 Å². The van der Waals surface area contributed by atoms with Crippen molar-refractivity contribution in [3.05, 3.63) is 40.7 Å². The Labute approximate surface area is 192 Å². The molecule has 4 rings (SSSR count). The van der Waals surface area contributed by atoms with Gasteiger partial charge < -0.3 is 9.47 Å². The van der Waals surface area contributed by atoms with Crippen LogP contribution in [-0.2, 0) is 9.53 Å². The summed E-state index contributed by atoms with van der Waals surface area (Å²) in [4.78, 5) is 21.3. The third-order valence-electron chi connectivity index (χ3n) is 4.75. The van der Waals surface area contributed by atoms with Gasteiger partial charge >= 0.3 is 5.97 Å². The lowest BCUT2D eigenvalue weighted by molar-refractivity contribution is -0.152. The van der Waals surface area contributed by atoms with Crippen molar-refractivity contribution in [2.75, 3.05) is 0 Å². The molecule has 1 aliphatic rings. The summed E-state index contributed by atoms with van der Waals surface area (Å²) in [7, 11) is 0. The molecule has 0 spiro atoms. The van der Waals surface area contributed by atoms with Crippen LogP contribution in [0.15, 0.2) is 36.4 Å². The number of rotatable bonds is 5. The zero-order valence-electron chi connectivity index (χ0n) is 18.4. The van der Waals surface area contributed by atoms with Crippen LogP contribution in [-0.4, -0.2) is 28.1 Å². The third-order valence-corrected chi connectivity index (χ3v) is 5.99. The van der Waals surface area contributed by atoms with E-state index in [9.17, 15) is 4.79 Å². The van der Waals surface area contributed by atoms with Gasteiger partial charge in [-0.05, 0) is 63.8 Å². The summed E-state index contributed by atoms with van der Waals surface area (Å²) in [6, 6.07) is 11.6. The van der Waals surface area contributed by atoms with Crippen LogP contribution in [0.2, 0.25) is 4.34 Å². The van der Waals surface area contributed by atoms with Crippen LogP contribution in [0.1, 0.15) is 53.4 Å². The summed E-state index contributed by atoms with van der Waals surface area (Å²) in [5, 5.41) is 0. The molecular formula is C24H29ClN2O3S. The number of carbonyl (C=O) groups is 1. The third kappa shape index (κ3) is 6.65. The van der Waals surface area contributed by atoms with Gasteiger partial charge in [0.1, 0.15) is 11.8 Å². The molecule has 1 saturated carbocycles. The molecule has 0 N–H and O–H groups in total. The quantitative estimate of drug-likeness (QED) is 0.386. The van der Waals surface area contributed by atoms with Crippen molar-refractivity contribution in [2.24, 2.45) is 5.92 Å². The number of hydrogen-bond donors (Lipinski definition) is 0. The molecule has 1 aromatic carbocycles. The lowest BCUT2D eigenvalue weighted by Gasteiger charge is -2.12. The molecule has 31 heavy (non-hydrogen) atoms. The van der Waals surface area contributed by atoms with Crippen molar-refractivity contribution < 1.29 is 14.3 Å². The minimum Gasteiger partial charge on any atom is -0.473 e. The van der Waals surface area contributed by atoms with Crippen molar-refractivity contribution in [1.29, 1.82) is 0 Å². The second-order valence-corrected chi connectivity index (χ2v) is 9.85. The first-order valence-corrected chi connectivity index (χ1v) is 11.9. The highest BCUT2D eigenvalue weighted by atomic mass is 35.5. The Morgan fingerprint density at radius 2 is 1.68 bits per heavy atom. The smallest absolute Gasteiger partial charge is 0.308 e. The van der Waals surface area contributed by atoms with E-state index in [-0.39, 0.29) is 24.1 Å². The van der Waals surface area contributed by atoms with Crippen LogP contribution in [0.5, 0.6) is 5.88 Å². The SMILES string of the molecule is CC(C)C(=O)OC1CCCC1.CC(C)Oc1nc2ccccc2nc1-c1ccc(Cl)s1. The normalized spacial score (nSPS) is 14.0. The molecule has 0 radical (unpaired) electrons. The number of hydrogen-bond acceptors (Lipinski definition) is 6. The number of ether oxygens (including phenoxy) is 2. The van der Waals surface area contributed by atoms with Gasteiger partial charge in [0.25, 0.3) is 0 Å². The summed E-state index contributed by atoms with van der Waals surface area (Å²) in [6.07, 6.45) is 4.84. The molecular weight excluding hydrogens is 432 g/mol. The van der Waals surface area contributed by atoms with Crippen LogP contribution >= 0.6 is 22.9 Å². The van der Waals surface area contributed by atoms with E-state index in [1.54, 1.807) is 0 Å². The fourth-order valence-electron chi connectivity index (χ4n) is 3.20. The van der Waals surface area contributed by atoms with Crippen molar-refractivity contribution in [3.8, 4) is 16.5 Å². The molecule has 0 amide bonds. The fraction of sp³-hybridized carbons (Fsp3) is 0.458. The van der Waals surface area contributed by atoms with Gasteiger partial charge in [-0.15, -0.1) is 11.3 Å². The predicted molar refractivity (Wildman–Crippen MR) is 127 cm³/mol. The molecule has 0 saturated heterocycles. The second kappa shape index (κ2) is 10.9. The number of esters is 1. The Morgan fingerprint density at radius 1 is 1.03 bits per heavy atom. The van der Waals surface area contributed by atoms with E-state index >= 15 is 0 Å². The fourth-order valence-corrected chi connectivity index (χ4v) is 4.22. The van der Waals surface area contributed by atoms with E-state index in [1.165, 1.54) is 24.2 Å². The maximum absolute atomic E-state index is 11.1. The molecule has 5 nitrogen and oxygen atoms in total. The molecule has 2 aromatic heterocycles. The summed E-state index contributed by atoms with van der Waals surface area (Å²) >= 11 is 7.49. The van der Waals surface area contributed by atoms with Crippen LogP contribution in [0, 0.1) is 5.92 Å². The Bertz CT molecular complexity index is 1010. The van der Waals surface area contributed by atoms with Gasteiger partial charge in [0.2, 0.25) is 5.88 Å². The van der Waals surface area contributed by atoms with Gasteiger partial charge in [0.05, 0.1) is 32.3 Å². The van der Waals surface area contributed by atoms with E-state index in [2.05, 4.69) is 9.97 Å². The standard InChI is InChI=1S/C15H13ClN2OS.C9H16O2/c1-9(2)19-15-14(12-7-8-13(16)20-12)17-10-5-3-4-6-11(10)18-15;1-7(2)9(10)11-8-5-3-4-6-8/h3-9H,1-2H3;7-8H,3-6H2,1-2H3. The molecule has 0 atom stereocenters. The number of benzene rings is 1. The molecule has 7 heteroatoms. The largest absolute Gasteiger partial charge is 0.473 e. The first kappa shape index (κ1) is 23.5. The van der Waals surface area contributed by atoms with E-state index in [0.29, 0.717) is 5.88 Å². The summed E-state index contributed by atoms with van der Waals surface area (Å²) in [5.41, 5.74) is 2.42. The lowest BCUT2D eigenvalue weighted by Crippen LogP contribution is -2.18. The maximum Gasteiger partial charge on any atom is 0.308 e. The van der Waals surface area contributed by atoms with Crippen molar-refractivity contribution >= 4 is 39.9 Å². The van der Waals surface area contributed by atoms with Crippen LogP contribution in [0.3, 0.4) is 0 Å². The van der Waals surface area contributed by atoms with Gasteiger partial charge in [0, 0.05) is 0 Å². The summed E-state index contributed by atoms with van der Waals surface area (Å²) < 4.78 is 11.8. The number of aromatic nitrogens is 2. The van der Waals surface area contributed by atoms with Gasteiger partial charge in [-0.1, -0.05) is 37.6 Å². The van der Waals surface area contributed by atoms with Crippen molar-refractivity contribution in [3.63, 3.8) is 0 Å². The van der Waals surface area contributed by atoms with Gasteiger partial charge in [-0.3, -0.25) is 4.79 Å². The molecule has 0 unspecified atom stereocenters. The Kier molecular flexibility index (Phi) is 8.27. The van der Waals surface area contributed by atoms with E-state index in [0.717, 1.165) is 38.8 Å². The molecule has 1 fully saturated rings. The minimum atomic E-state index is -0.0445. The van der Waals surface area contributed by atoms with Gasteiger partial charge in [0.15, 0.2) is 0 Å². The van der Waals surface area contributed by atoms with Crippen LogP contribution < -0.4 is 4.74 Å². The zero-order chi connectivity index (χ0) is 22.4. The van der Waals surface area contributed by atoms with Crippen molar-refractivity contribution in [2.45, 2.75) is 65.6 Å². The Hall–Kier alpha value is -2.18. The second-order valence-electron chi connectivity index (χ2n) is 8.13. The van der Waals surface area contributed by atoms with Crippen LogP contribution in [0.25, 0.3) is 21.6 Å². The lowest BCUT2D eigenvalue weighted by atomic mass is 10.2. The first-order valence-electron chi connectivity index (χ1n) is 10.7. The molecule has 0 aliphatic heterocycles. The number of halogens is 1. The highest BCUT2D eigenvalue weighted by molar-refractivity contribution is 7.19. The predicted octanol–water partition coefficient (Wildman–Crippen LogP) is 6.93. The maximum atomic E-state index is 11.1. The van der Waals surface area contributed by atoms with E-state index in [4.69, 9.17) is 21.1 Å². The minimum absolute atomic E-state index is 0.0237. The number of carbonyl (C=O) groups excluding carboxylic acids is 1. The molecule has 166 valence electrons. The number of nitrogens with zero attached hydrogens (tertiary/aromatic N) is 2. The van der Waals surface area contributed by atoms with Gasteiger partial charge in [-0.25, -0.2) is 9.97 Å². The molecule has 3 aromatic rings. The number of para-hydroxylation sites is 2. The molecule has 1 aliphatic carbocycles. The Morgan fingerprint density at radius 3 is 2.23 bits per heavy atom. The number of thiophene rings is 1. The zero-order valence-corrected chi connectivity index (χ0v) is 20.0. The first-order chi connectivity index (χ1) is 14.8. The topological polar surface area (TPSA) is 61.3 Å². The molecule has 2 heterocycles. The number of fused-ring (bicyclic) bond motifs is 1. The van der Waals surface area contributed by atoms with Gasteiger partial charge in [-0.2, -0.15) is 0 Å². The average molecular weight is 461 g/mol. The summed E-state index contributed by atoms with van der Waals surface area (Å²) in [6.45, 7) is 7.69. The van der Waals surface area contributed by atoms with E-state index < -0.39 is 0 Å².